The number of nitrogens with zero attached hydrogens (tertiary/aromatic N) is 3. The lowest BCUT2D eigenvalue weighted by atomic mass is 10.1. The van der Waals surface area contributed by atoms with Gasteiger partial charge in [0.2, 0.25) is 21.8 Å². The van der Waals surface area contributed by atoms with Crippen molar-refractivity contribution in [2.24, 2.45) is 5.73 Å². The number of likely N-dealkylation sites (N-methyl/N-ethyl adjacent to an activating group) is 1. The summed E-state index contributed by atoms with van der Waals surface area (Å²) in [6.07, 6.45) is 2.19. The molecule has 2 fully saturated rings. The standard InChI is InChI=1S/C20H31N5O4S/c1-15-17(25-9-4-3-8-19(25)26)6-5-7-18(15)30(28,29)22-16(14-21)20(27)24-12-10-23(2)11-13-24/h5-7,16,22H,3-4,8-14,21H2,1-2H3/t16-/m0/s1. The summed E-state index contributed by atoms with van der Waals surface area (Å²) in [5.74, 6) is -0.314. The van der Waals surface area contributed by atoms with Crippen LogP contribution in [0.4, 0.5) is 5.69 Å². The Kier molecular flexibility index (Phi) is 7.12. The number of benzene rings is 1. The molecule has 1 aromatic carbocycles. The molecule has 2 heterocycles. The maximum atomic E-state index is 13.1. The van der Waals surface area contributed by atoms with E-state index in [9.17, 15) is 18.0 Å². The van der Waals surface area contributed by atoms with Gasteiger partial charge in [-0.15, -0.1) is 0 Å². The van der Waals surface area contributed by atoms with Crippen LogP contribution in [0.5, 0.6) is 0 Å². The molecule has 3 N–H and O–H groups in total. The number of hydrogen-bond acceptors (Lipinski definition) is 6. The molecular formula is C20H31N5O4S. The van der Waals surface area contributed by atoms with Crippen molar-refractivity contribution in [2.45, 2.75) is 37.1 Å². The fourth-order valence-electron chi connectivity index (χ4n) is 3.94. The van der Waals surface area contributed by atoms with Gasteiger partial charge in [-0.2, -0.15) is 4.72 Å². The third-order valence-corrected chi connectivity index (χ3v) is 7.42. The molecule has 0 unspecified atom stereocenters. The summed E-state index contributed by atoms with van der Waals surface area (Å²) in [7, 11) is -2.02. The lowest BCUT2D eigenvalue weighted by molar-refractivity contribution is -0.134. The van der Waals surface area contributed by atoms with Gasteiger partial charge in [0.05, 0.1) is 4.90 Å². The molecule has 9 nitrogen and oxygen atoms in total. The number of amides is 2. The predicted octanol–water partition coefficient (Wildman–Crippen LogP) is -0.108. The highest BCUT2D eigenvalue weighted by atomic mass is 32.2. The molecule has 0 saturated carbocycles. The van der Waals surface area contributed by atoms with Crippen LogP contribution in [0.1, 0.15) is 24.8 Å². The predicted molar refractivity (Wildman–Crippen MR) is 115 cm³/mol. The molecular weight excluding hydrogens is 406 g/mol. The summed E-state index contributed by atoms with van der Waals surface area (Å²) < 4.78 is 28.7. The van der Waals surface area contributed by atoms with E-state index < -0.39 is 16.1 Å². The van der Waals surface area contributed by atoms with Gasteiger partial charge < -0.3 is 20.4 Å². The Hall–Kier alpha value is -2.01. The number of anilines is 1. The molecule has 10 heteroatoms. The minimum Gasteiger partial charge on any atom is -0.339 e. The molecule has 3 rings (SSSR count). The van der Waals surface area contributed by atoms with Crippen molar-refractivity contribution in [3.63, 3.8) is 0 Å². The summed E-state index contributed by atoms with van der Waals surface area (Å²) >= 11 is 0. The highest BCUT2D eigenvalue weighted by molar-refractivity contribution is 7.89. The van der Waals surface area contributed by atoms with E-state index in [-0.39, 0.29) is 23.3 Å². The van der Waals surface area contributed by atoms with Crippen LogP contribution in [0, 0.1) is 6.92 Å². The van der Waals surface area contributed by atoms with Gasteiger partial charge in [-0.05, 0) is 44.5 Å². The molecule has 2 amide bonds. The van der Waals surface area contributed by atoms with Crippen LogP contribution in [0.25, 0.3) is 0 Å². The van der Waals surface area contributed by atoms with E-state index in [1.807, 2.05) is 7.05 Å². The van der Waals surface area contributed by atoms with E-state index in [1.165, 1.54) is 6.07 Å². The number of rotatable bonds is 6. The van der Waals surface area contributed by atoms with E-state index in [0.717, 1.165) is 25.9 Å². The highest BCUT2D eigenvalue weighted by Crippen LogP contribution is 2.29. The highest BCUT2D eigenvalue weighted by Gasteiger charge is 2.31. The second-order valence-corrected chi connectivity index (χ2v) is 9.62. The number of piperazine rings is 1. The third kappa shape index (κ3) is 4.83. The first-order valence-corrected chi connectivity index (χ1v) is 11.8. The Morgan fingerprint density at radius 1 is 1.17 bits per heavy atom. The van der Waals surface area contributed by atoms with Gasteiger partial charge in [-0.3, -0.25) is 9.59 Å². The SMILES string of the molecule is Cc1c(N2CCCCC2=O)cccc1S(=O)(=O)N[C@@H](CN)C(=O)N1CCN(C)CC1. The Bertz CT molecular complexity index is 896. The Morgan fingerprint density at radius 2 is 1.87 bits per heavy atom. The van der Waals surface area contributed by atoms with Crippen molar-refractivity contribution in [1.29, 1.82) is 0 Å². The van der Waals surface area contributed by atoms with Crippen molar-refractivity contribution in [2.75, 3.05) is 51.2 Å². The zero-order valence-corrected chi connectivity index (χ0v) is 18.5. The average molecular weight is 438 g/mol. The number of sulfonamides is 1. The molecule has 2 aliphatic rings. The lowest BCUT2D eigenvalue weighted by Gasteiger charge is -2.34. The zero-order chi connectivity index (χ0) is 21.9. The monoisotopic (exact) mass is 437 g/mol. The molecule has 2 saturated heterocycles. The number of nitrogens with two attached hydrogens (primary N) is 1. The van der Waals surface area contributed by atoms with Gasteiger partial charge in [0, 0.05) is 51.4 Å². The number of carbonyl (C=O) groups is 2. The first-order chi connectivity index (χ1) is 14.2. The van der Waals surface area contributed by atoms with Crippen molar-refractivity contribution in [1.82, 2.24) is 14.5 Å². The number of hydrogen-bond donors (Lipinski definition) is 2. The van der Waals surface area contributed by atoms with Gasteiger partial charge in [-0.25, -0.2) is 8.42 Å². The number of carbonyl (C=O) groups excluding carboxylic acids is 2. The van der Waals surface area contributed by atoms with E-state index >= 15 is 0 Å². The molecule has 1 atom stereocenters. The summed E-state index contributed by atoms with van der Waals surface area (Å²) in [5, 5.41) is 0. The normalized spacial score (nSPS) is 19.8. The second kappa shape index (κ2) is 9.42. The molecule has 1 aromatic rings. The zero-order valence-electron chi connectivity index (χ0n) is 17.6. The van der Waals surface area contributed by atoms with Crippen molar-refractivity contribution < 1.29 is 18.0 Å². The molecule has 0 bridgehead atoms. The number of piperidine rings is 1. The van der Waals surface area contributed by atoms with Crippen LogP contribution in [0.3, 0.4) is 0 Å². The fourth-order valence-corrected chi connectivity index (χ4v) is 5.41. The molecule has 0 aliphatic carbocycles. The van der Waals surface area contributed by atoms with Crippen LogP contribution < -0.4 is 15.4 Å². The fraction of sp³-hybridized carbons (Fsp3) is 0.600. The van der Waals surface area contributed by atoms with Gasteiger partial charge in [0.1, 0.15) is 6.04 Å². The van der Waals surface area contributed by atoms with Gasteiger partial charge in [0.15, 0.2) is 0 Å². The summed E-state index contributed by atoms with van der Waals surface area (Å²) in [6.45, 7) is 4.68. The molecule has 2 aliphatic heterocycles. The van der Waals surface area contributed by atoms with Gasteiger partial charge in [-0.1, -0.05) is 6.07 Å². The van der Waals surface area contributed by atoms with E-state index in [2.05, 4.69) is 9.62 Å². The molecule has 0 spiro atoms. The number of nitrogens with one attached hydrogen (secondary N) is 1. The first kappa shape index (κ1) is 22.7. The van der Waals surface area contributed by atoms with Crippen LogP contribution >= 0.6 is 0 Å². The molecule has 0 radical (unpaired) electrons. The third-order valence-electron chi connectivity index (χ3n) is 5.81. The van der Waals surface area contributed by atoms with Gasteiger partial charge in [0.25, 0.3) is 0 Å². The van der Waals surface area contributed by atoms with E-state index in [1.54, 1.807) is 28.9 Å². The quantitative estimate of drug-likeness (QED) is 0.642. The van der Waals surface area contributed by atoms with Crippen molar-refractivity contribution in [3.05, 3.63) is 23.8 Å². The van der Waals surface area contributed by atoms with E-state index in [4.69, 9.17) is 5.73 Å². The smallest absolute Gasteiger partial charge is 0.242 e. The van der Waals surface area contributed by atoms with Crippen LogP contribution in [-0.4, -0.2) is 82.4 Å². The minimum atomic E-state index is -4.00. The molecule has 0 aromatic heterocycles. The van der Waals surface area contributed by atoms with Crippen LogP contribution in [0.15, 0.2) is 23.1 Å². The Morgan fingerprint density at radius 3 is 2.50 bits per heavy atom. The minimum absolute atomic E-state index is 0.00284. The van der Waals surface area contributed by atoms with Gasteiger partial charge >= 0.3 is 0 Å². The molecule has 30 heavy (non-hydrogen) atoms. The maximum absolute atomic E-state index is 13.1. The van der Waals surface area contributed by atoms with E-state index in [0.29, 0.717) is 37.3 Å². The summed E-state index contributed by atoms with van der Waals surface area (Å²) in [5.41, 5.74) is 6.84. The lowest BCUT2D eigenvalue weighted by Crippen LogP contribution is -2.56. The Labute approximate surface area is 178 Å². The average Bonchev–Trinajstić information content (AvgIpc) is 2.73. The summed E-state index contributed by atoms with van der Waals surface area (Å²) in [6, 6.07) is 3.84. The summed E-state index contributed by atoms with van der Waals surface area (Å²) in [4.78, 5) is 30.6. The second-order valence-electron chi connectivity index (χ2n) is 7.94. The first-order valence-electron chi connectivity index (χ1n) is 10.3. The van der Waals surface area contributed by atoms with Crippen LogP contribution in [-0.2, 0) is 19.6 Å². The maximum Gasteiger partial charge on any atom is 0.242 e. The Balaban J connectivity index is 1.81. The molecule has 166 valence electrons. The largest absolute Gasteiger partial charge is 0.339 e. The van der Waals surface area contributed by atoms with Crippen LogP contribution in [0.2, 0.25) is 0 Å². The van der Waals surface area contributed by atoms with Crippen molar-refractivity contribution in [3.8, 4) is 0 Å². The van der Waals surface area contributed by atoms with Crippen molar-refractivity contribution >= 4 is 27.5 Å². The topological polar surface area (TPSA) is 116 Å².